The highest BCUT2D eigenvalue weighted by Gasteiger charge is 2.26. The van der Waals surface area contributed by atoms with Crippen LogP contribution in [0.3, 0.4) is 0 Å². The summed E-state index contributed by atoms with van der Waals surface area (Å²) in [6, 6.07) is 22.4. The number of nitrogens with zero attached hydrogens (tertiary/aromatic N) is 2. The molecule has 4 heteroatoms. The summed E-state index contributed by atoms with van der Waals surface area (Å²) in [6.45, 7) is 4.08. The fourth-order valence-electron chi connectivity index (χ4n) is 3.89. The van der Waals surface area contributed by atoms with E-state index in [0.29, 0.717) is 11.7 Å². The summed E-state index contributed by atoms with van der Waals surface area (Å²) >= 11 is 0. The molecule has 28 heavy (non-hydrogen) atoms. The first-order chi connectivity index (χ1) is 13.8. The molecular weight excluding hydrogens is 363 g/mol. The minimum Gasteiger partial charge on any atom is -0.382 e. The highest BCUT2D eigenvalue weighted by atomic mass is 31.1. The van der Waals surface area contributed by atoms with Crippen molar-refractivity contribution in [2.24, 2.45) is 5.10 Å². The van der Waals surface area contributed by atoms with Crippen LogP contribution in [0.2, 0.25) is 0 Å². The van der Waals surface area contributed by atoms with Crippen LogP contribution >= 0.6 is 7.92 Å². The van der Waals surface area contributed by atoms with Crippen LogP contribution in [0.1, 0.15) is 39.0 Å². The molecule has 1 saturated heterocycles. The van der Waals surface area contributed by atoms with Gasteiger partial charge in [0.1, 0.15) is 0 Å². The van der Waals surface area contributed by atoms with Gasteiger partial charge in [0.2, 0.25) is 0 Å². The van der Waals surface area contributed by atoms with Crippen molar-refractivity contribution in [3.05, 3.63) is 60.7 Å². The molecule has 2 aromatic rings. The van der Waals surface area contributed by atoms with Crippen molar-refractivity contribution in [3.63, 3.8) is 0 Å². The Morgan fingerprint density at radius 1 is 1.11 bits per heavy atom. The smallest absolute Gasteiger partial charge is 0.0704 e. The fraction of sp³-hybridized carbons (Fsp3) is 0.458. The number of benzene rings is 2. The second-order valence-corrected chi connectivity index (χ2v) is 9.87. The average Bonchev–Trinajstić information content (AvgIpc) is 3.19. The molecule has 0 unspecified atom stereocenters. The summed E-state index contributed by atoms with van der Waals surface area (Å²) in [5, 5.41) is 10.1. The van der Waals surface area contributed by atoms with E-state index in [1.807, 2.05) is 0 Å². The molecule has 0 aliphatic carbocycles. The van der Waals surface area contributed by atoms with Crippen LogP contribution in [0, 0.1) is 0 Å². The van der Waals surface area contributed by atoms with Gasteiger partial charge in [0.05, 0.1) is 12.6 Å². The normalized spacial score (nSPS) is 18.2. The molecule has 0 bridgehead atoms. The van der Waals surface area contributed by atoms with Crippen LogP contribution in [0.15, 0.2) is 65.8 Å². The van der Waals surface area contributed by atoms with Gasteiger partial charge in [-0.15, -0.1) is 0 Å². The van der Waals surface area contributed by atoms with Gasteiger partial charge in [-0.3, -0.25) is 5.01 Å². The molecule has 1 fully saturated rings. The molecule has 1 aliphatic heterocycles. The lowest BCUT2D eigenvalue weighted by molar-refractivity contribution is 0.118. The second kappa shape index (κ2) is 11.3. The summed E-state index contributed by atoms with van der Waals surface area (Å²) in [5.74, 6) is 0. The van der Waals surface area contributed by atoms with E-state index < -0.39 is 7.92 Å². The van der Waals surface area contributed by atoms with E-state index >= 15 is 0 Å². The van der Waals surface area contributed by atoms with Crippen molar-refractivity contribution in [2.75, 3.05) is 20.3 Å². The number of rotatable bonds is 10. The summed E-state index contributed by atoms with van der Waals surface area (Å²) < 4.78 is 5.40. The van der Waals surface area contributed by atoms with E-state index in [4.69, 9.17) is 9.84 Å². The number of hydrogen-bond donors (Lipinski definition) is 0. The third-order valence-corrected chi connectivity index (χ3v) is 8.11. The molecule has 0 aromatic heterocycles. The van der Waals surface area contributed by atoms with Crippen molar-refractivity contribution >= 4 is 24.7 Å². The Kier molecular flexibility index (Phi) is 8.51. The lowest BCUT2D eigenvalue weighted by Crippen LogP contribution is -2.30. The van der Waals surface area contributed by atoms with Gasteiger partial charge in [-0.25, -0.2) is 0 Å². The molecule has 0 amide bonds. The maximum atomic E-state index is 5.40. The zero-order chi connectivity index (χ0) is 19.6. The average molecular weight is 397 g/mol. The molecule has 0 spiro atoms. The first-order valence-corrected chi connectivity index (χ1v) is 11.9. The molecule has 2 aromatic carbocycles. The predicted octanol–water partition coefficient (Wildman–Crippen LogP) is 4.77. The predicted molar refractivity (Wildman–Crippen MR) is 122 cm³/mol. The molecule has 3 nitrogen and oxygen atoms in total. The van der Waals surface area contributed by atoms with E-state index in [9.17, 15) is 0 Å². The summed E-state index contributed by atoms with van der Waals surface area (Å²) in [6.07, 6.45) is 8.27. The number of ether oxygens (including phenoxy) is 1. The van der Waals surface area contributed by atoms with Gasteiger partial charge in [-0.1, -0.05) is 80.4 Å². The SMILES string of the molecule is CCCC[C@H](/C=N\N1CCC[C@H]1COC)P(c1ccccc1)c1ccccc1. The molecule has 0 N–H and O–H groups in total. The minimum absolute atomic E-state index is 0.424. The minimum atomic E-state index is -0.476. The molecule has 1 aliphatic rings. The van der Waals surface area contributed by atoms with Crippen LogP contribution in [0.25, 0.3) is 0 Å². The number of methoxy groups -OCH3 is 1. The van der Waals surface area contributed by atoms with Gasteiger partial charge < -0.3 is 4.74 Å². The summed E-state index contributed by atoms with van der Waals surface area (Å²) in [4.78, 5) is 0. The Morgan fingerprint density at radius 3 is 2.32 bits per heavy atom. The van der Waals surface area contributed by atoms with Crippen molar-refractivity contribution in [3.8, 4) is 0 Å². The molecule has 2 atom stereocenters. The fourth-order valence-corrected chi connectivity index (χ4v) is 6.57. The highest BCUT2D eigenvalue weighted by Crippen LogP contribution is 2.41. The van der Waals surface area contributed by atoms with Crippen LogP contribution in [0.4, 0.5) is 0 Å². The topological polar surface area (TPSA) is 24.8 Å². The molecule has 150 valence electrons. The van der Waals surface area contributed by atoms with E-state index in [2.05, 4.69) is 78.8 Å². The van der Waals surface area contributed by atoms with Gasteiger partial charge in [0, 0.05) is 25.5 Å². The first-order valence-electron chi connectivity index (χ1n) is 10.5. The molecule has 0 saturated carbocycles. The van der Waals surface area contributed by atoms with Crippen molar-refractivity contribution in [1.82, 2.24) is 5.01 Å². The molecule has 0 radical (unpaired) electrons. The van der Waals surface area contributed by atoms with Crippen molar-refractivity contribution in [2.45, 2.75) is 50.7 Å². The molecular formula is C24H33N2OP. The van der Waals surface area contributed by atoms with Crippen LogP contribution in [-0.4, -0.2) is 43.2 Å². The lowest BCUT2D eigenvalue weighted by atomic mass is 10.2. The maximum absolute atomic E-state index is 5.40. The van der Waals surface area contributed by atoms with Gasteiger partial charge in [0.15, 0.2) is 0 Å². The number of unbranched alkanes of at least 4 members (excludes halogenated alkanes) is 1. The second-order valence-electron chi connectivity index (χ2n) is 7.43. The van der Waals surface area contributed by atoms with Gasteiger partial charge >= 0.3 is 0 Å². The zero-order valence-electron chi connectivity index (χ0n) is 17.2. The Labute approximate surface area is 171 Å². The summed E-state index contributed by atoms with van der Waals surface area (Å²) in [7, 11) is 1.31. The Morgan fingerprint density at radius 2 is 1.75 bits per heavy atom. The van der Waals surface area contributed by atoms with Crippen LogP contribution in [0.5, 0.6) is 0 Å². The number of hydrazone groups is 1. The van der Waals surface area contributed by atoms with Crippen molar-refractivity contribution in [1.29, 1.82) is 0 Å². The zero-order valence-corrected chi connectivity index (χ0v) is 18.1. The monoisotopic (exact) mass is 396 g/mol. The molecule has 1 heterocycles. The largest absolute Gasteiger partial charge is 0.382 e. The van der Waals surface area contributed by atoms with Crippen LogP contribution in [-0.2, 0) is 4.74 Å². The quantitative estimate of drug-likeness (QED) is 0.427. The standard InChI is InChI=1S/C24H33N2OP/c1-3-4-13-24(19-25-26-18-11-12-21(26)20-27-2)28(22-14-7-5-8-15-22)23-16-9-6-10-17-23/h5-10,14-17,19,21,24H,3-4,11-13,18,20H2,1-2H3/b25-19-/t21-,24+/m0/s1. The van der Waals surface area contributed by atoms with Crippen molar-refractivity contribution < 1.29 is 4.74 Å². The third kappa shape index (κ3) is 5.65. The van der Waals surface area contributed by atoms with Crippen LogP contribution < -0.4 is 10.6 Å². The van der Waals surface area contributed by atoms with Gasteiger partial charge in [0.25, 0.3) is 0 Å². The summed E-state index contributed by atoms with van der Waals surface area (Å²) in [5.41, 5.74) is 0.448. The van der Waals surface area contributed by atoms with E-state index in [1.165, 1.54) is 42.7 Å². The Hall–Kier alpha value is -1.70. The third-order valence-electron chi connectivity index (χ3n) is 5.35. The van der Waals surface area contributed by atoms with E-state index in [0.717, 1.165) is 13.2 Å². The maximum Gasteiger partial charge on any atom is 0.0704 e. The lowest BCUT2D eigenvalue weighted by Gasteiger charge is -2.27. The van der Waals surface area contributed by atoms with E-state index in [-0.39, 0.29) is 0 Å². The van der Waals surface area contributed by atoms with Gasteiger partial charge in [-0.05, 0) is 37.8 Å². The van der Waals surface area contributed by atoms with Gasteiger partial charge in [-0.2, -0.15) is 5.10 Å². The van der Waals surface area contributed by atoms with E-state index in [1.54, 1.807) is 7.11 Å². The Bertz CT molecular complexity index is 668. The Balaban J connectivity index is 1.88. The number of hydrogen-bond acceptors (Lipinski definition) is 3. The molecule has 3 rings (SSSR count). The highest BCUT2D eigenvalue weighted by molar-refractivity contribution is 7.74. The first kappa shape index (κ1) is 21.0.